The Balaban J connectivity index is 1.72. The van der Waals surface area contributed by atoms with Crippen LogP contribution < -0.4 is 10.6 Å². The van der Waals surface area contributed by atoms with Gasteiger partial charge in [0.05, 0.1) is 16.7 Å². The maximum Gasteiger partial charge on any atom is 0.238 e. The molecule has 3 N–H and O–H groups in total. The van der Waals surface area contributed by atoms with Crippen LogP contribution in [0.15, 0.2) is 41.0 Å². The molecule has 4 rings (SSSR count). The smallest absolute Gasteiger partial charge is 0.238 e. The molecule has 0 spiro atoms. The van der Waals surface area contributed by atoms with E-state index in [4.69, 9.17) is 4.98 Å². The third kappa shape index (κ3) is 4.13. The highest BCUT2D eigenvalue weighted by Gasteiger charge is 2.18. The highest BCUT2D eigenvalue weighted by atomic mass is 79.9. The Morgan fingerprint density at radius 2 is 2.03 bits per heavy atom. The predicted octanol–water partition coefficient (Wildman–Crippen LogP) is 4.34. The second-order valence-electron chi connectivity index (χ2n) is 7.97. The van der Waals surface area contributed by atoms with Gasteiger partial charge in [-0.15, -0.1) is 0 Å². The van der Waals surface area contributed by atoms with Crippen LogP contribution in [0.5, 0.6) is 0 Å². The third-order valence-electron chi connectivity index (χ3n) is 5.26. The molecule has 4 aromatic rings. The molecule has 1 amide bonds. The average molecular weight is 496 g/mol. The summed E-state index contributed by atoms with van der Waals surface area (Å²) >= 11 is 3.53. The topological polar surface area (TPSA) is 90.9 Å². The molecule has 32 heavy (non-hydrogen) atoms. The molecule has 0 fully saturated rings. The lowest BCUT2D eigenvalue weighted by atomic mass is 10.2. The molecule has 8 nitrogen and oxygen atoms in total. The van der Waals surface area contributed by atoms with E-state index in [9.17, 15) is 4.79 Å². The van der Waals surface area contributed by atoms with E-state index in [0.717, 1.165) is 49.8 Å². The molecule has 166 valence electrons. The van der Waals surface area contributed by atoms with Crippen LogP contribution in [0.3, 0.4) is 0 Å². The summed E-state index contributed by atoms with van der Waals surface area (Å²) < 4.78 is 3.04. The molecule has 0 aliphatic carbocycles. The maximum atomic E-state index is 12.2. The van der Waals surface area contributed by atoms with Gasteiger partial charge in [0.15, 0.2) is 5.65 Å². The Morgan fingerprint density at radius 3 is 2.75 bits per heavy atom. The third-order valence-corrected chi connectivity index (χ3v) is 5.86. The number of rotatable bonds is 6. The highest BCUT2D eigenvalue weighted by Crippen LogP contribution is 2.33. The van der Waals surface area contributed by atoms with Gasteiger partial charge in [-0.2, -0.15) is 0 Å². The number of anilines is 2. The SMILES string of the molecule is CNc1c(Br)cnc2nc(-c3cc(C)n(-c4cccc(NC(=O)CN(C)C)c4)c3C)[nH]c12. The zero-order valence-electron chi connectivity index (χ0n) is 18.7. The van der Waals surface area contributed by atoms with Crippen molar-refractivity contribution in [3.05, 3.63) is 52.4 Å². The number of aromatic amines is 1. The summed E-state index contributed by atoms with van der Waals surface area (Å²) in [4.78, 5) is 26.6. The number of nitrogens with zero attached hydrogens (tertiary/aromatic N) is 4. The number of likely N-dealkylation sites (N-methyl/N-ethyl adjacent to an activating group) is 1. The van der Waals surface area contributed by atoms with Crippen LogP contribution >= 0.6 is 15.9 Å². The van der Waals surface area contributed by atoms with Crippen molar-refractivity contribution in [3.63, 3.8) is 0 Å². The van der Waals surface area contributed by atoms with Gasteiger partial charge >= 0.3 is 0 Å². The Bertz CT molecular complexity index is 1310. The predicted molar refractivity (Wildman–Crippen MR) is 133 cm³/mol. The molecular weight excluding hydrogens is 470 g/mol. The van der Waals surface area contributed by atoms with Crippen molar-refractivity contribution in [1.82, 2.24) is 24.4 Å². The Kier molecular flexibility index (Phi) is 6.03. The summed E-state index contributed by atoms with van der Waals surface area (Å²) in [5.74, 6) is 0.715. The number of H-pyrrole nitrogens is 1. The molecule has 0 saturated heterocycles. The van der Waals surface area contributed by atoms with Crippen LogP contribution in [0.1, 0.15) is 11.4 Å². The minimum absolute atomic E-state index is 0.0462. The standard InChI is InChI=1S/C23H26BrN7O/c1-13-9-17(22-28-21-20(25-3)18(24)11-26-23(21)29-22)14(2)31(13)16-8-6-7-15(10-16)27-19(32)12-30(4)5/h6-11H,12H2,1-5H3,(H,27,32)(H2,25,26,28,29). The van der Waals surface area contributed by atoms with Gasteiger partial charge in [0.2, 0.25) is 5.91 Å². The fourth-order valence-electron chi connectivity index (χ4n) is 3.92. The van der Waals surface area contributed by atoms with Crippen LogP contribution in [0, 0.1) is 13.8 Å². The van der Waals surface area contributed by atoms with Crippen molar-refractivity contribution in [2.24, 2.45) is 0 Å². The maximum absolute atomic E-state index is 12.2. The van der Waals surface area contributed by atoms with Crippen LogP contribution in [0.4, 0.5) is 11.4 Å². The fourth-order valence-corrected chi connectivity index (χ4v) is 4.41. The number of imidazole rings is 1. The van der Waals surface area contributed by atoms with Crippen molar-refractivity contribution in [1.29, 1.82) is 0 Å². The normalized spacial score (nSPS) is 11.3. The first kappa shape index (κ1) is 22.0. The van der Waals surface area contributed by atoms with Gasteiger partial charge in [-0.25, -0.2) is 9.97 Å². The number of hydrogen-bond acceptors (Lipinski definition) is 5. The number of hydrogen-bond donors (Lipinski definition) is 3. The van der Waals surface area contributed by atoms with Crippen molar-refractivity contribution in [2.75, 3.05) is 38.3 Å². The van der Waals surface area contributed by atoms with E-state index >= 15 is 0 Å². The molecule has 0 bridgehead atoms. The molecule has 0 saturated carbocycles. The van der Waals surface area contributed by atoms with Crippen LogP contribution in [0.25, 0.3) is 28.2 Å². The van der Waals surface area contributed by atoms with Gasteiger partial charge < -0.3 is 25.1 Å². The zero-order chi connectivity index (χ0) is 23.0. The molecule has 0 aliphatic heterocycles. The van der Waals surface area contributed by atoms with E-state index < -0.39 is 0 Å². The number of carbonyl (C=O) groups is 1. The Labute approximate surface area is 195 Å². The minimum Gasteiger partial charge on any atom is -0.385 e. The molecule has 3 aromatic heterocycles. The number of carbonyl (C=O) groups excluding carboxylic acids is 1. The average Bonchev–Trinajstić information content (AvgIpc) is 3.27. The number of aromatic nitrogens is 4. The second kappa shape index (κ2) is 8.76. The van der Waals surface area contributed by atoms with Crippen molar-refractivity contribution >= 4 is 44.4 Å². The molecule has 0 unspecified atom stereocenters. The first-order valence-electron chi connectivity index (χ1n) is 10.2. The second-order valence-corrected chi connectivity index (χ2v) is 8.83. The van der Waals surface area contributed by atoms with Crippen LogP contribution in [-0.4, -0.2) is 58.0 Å². The van der Waals surface area contributed by atoms with E-state index in [1.807, 2.05) is 50.3 Å². The molecule has 0 aliphatic rings. The van der Waals surface area contributed by atoms with Crippen molar-refractivity contribution in [3.8, 4) is 17.1 Å². The zero-order valence-corrected chi connectivity index (χ0v) is 20.3. The Morgan fingerprint density at radius 1 is 1.25 bits per heavy atom. The number of pyridine rings is 1. The van der Waals surface area contributed by atoms with Gasteiger partial charge in [-0.1, -0.05) is 6.07 Å². The Hall–Kier alpha value is -3.17. The number of benzene rings is 1. The number of amides is 1. The lowest BCUT2D eigenvalue weighted by Crippen LogP contribution is -2.27. The first-order valence-corrected chi connectivity index (χ1v) is 11.0. The monoisotopic (exact) mass is 495 g/mol. The molecular formula is C23H26BrN7O. The lowest BCUT2D eigenvalue weighted by Gasteiger charge is -2.13. The first-order chi connectivity index (χ1) is 15.3. The summed E-state index contributed by atoms with van der Waals surface area (Å²) in [7, 11) is 5.61. The summed E-state index contributed by atoms with van der Waals surface area (Å²) in [6.07, 6.45) is 1.75. The van der Waals surface area contributed by atoms with E-state index in [1.54, 1.807) is 6.20 Å². The van der Waals surface area contributed by atoms with Gasteiger partial charge in [-0.05, 0) is 68.1 Å². The fraction of sp³-hybridized carbons (Fsp3) is 0.261. The molecule has 1 aromatic carbocycles. The van der Waals surface area contributed by atoms with Crippen LogP contribution in [0.2, 0.25) is 0 Å². The highest BCUT2D eigenvalue weighted by molar-refractivity contribution is 9.10. The summed E-state index contributed by atoms with van der Waals surface area (Å²) in [5.41, 5.74) is 7.28. The molecule has 0 atom stereocenters. The number of nitrogens with one attached hydrogen (secondary N) is 3. The van der Waals surface area contributed by atoms with Gasteiger partial charge in [0.25, 0.3) is 0 Å². The van der Waals surface area contributed by atoms with Crippen molar-refractivity contribution < 1.29 is 4.79 Å². The summed E-state index contributed by atoms with van der Waals surface area (Å²) in [5, 5.41) is 6.16. The lowest BCUT2D eigenvalue weighted by molar-refractivity contribution is -0.116. The number of halogens is 1. The quantitative estimate of drug-likeness (QED) is 0.370. The minimum atomic E-state index is -0.0462. The molecule has 9 heteroatoms. The summed E-state index contributed by atoms with van der Waals surface area (Å²) in [6, 6.07) is 9.96. The number of fused-ring (bicyclic) bond motifs is 1. The summed E-state index contributed by atoms with van der Waals surface area (Å²) in [6.45, 7) is 4.46. The van der Waals surface area contributed by atoms with Crippen LogP contribution in [-0.2, 0) is 4.79 Å². The van der Waals surface area contributed by atoms with Gasteiger partial charge in [0.1, 0.15) is 11.3 Å². The van der Waals surface area contributed by atoms with Crippen molar-refractivity contribution in [2.45, 2.75) is 13.8 Å². The molecule has 0 radical (unpaired) electrons. The van der Waals surface area contributed by atoms with Gasteiger partial charge in [-0.3, -0.25) is 4.79 Å². The van der Waals surface area contributed by atoms with E-state index in [0.29, 0.717) is 12.2 Å². The van der Waals surface area contributed by atoms with Gasteiger partial charge in [0, 0.05) is 41.6 Å². The van der Waals surface area contributed by atoms with E-state index in [2.05, 4.69) is 61.0 Å². The largest absolute Gasteiger partial charge is 0.385 e. The van der Waals surface area contributed by atoms with E-state index in [-0.39, 0.29) is 5.91 Å². The number of aryl methyl sites for hydroxylation is 1. The molecule has 3 heterocycles. The van der Waals surface area contributed by atoms with E-state index in [1.165, 1.54) is 0 Å².